The molecule has 7 nitrogen and oxygen atoms in total. The molecule has 0 spiro atoms. The minimum atomic E-state index is -0.312. The number of carbonyl (C=O) groups is 1. The van der Waals surface area contributed by atoms with Crippen LogP contribution in [0.1, 0.15) is 5.56 Å². The molecule has 0 aliphatic heterocycles. The van der Waals surface area contributed by atoms with Crippen molar-refractivity contribution in [2.24, 2.45) is 0 Å². The van der Waals surface area contributed by atoms with Crippen LogP contribution in [0.2, 0.25) is 5.15 Å². The van der Waals surface area contributed by atoms with E-state index in [9.17, 15) is 4.79 Å². The number of likely N-dealkylation sites (N-methyl/N-ethyl adjacent to an activating group) is 1. The van der Waals surface area contributed by atoms with Crippen molar-refractivity contribution in [1.29, 1.82) is 0 Å². The van der Waals surface area contributed by atoms with Crippen molar-refractivity contribution in [3.05, 3.63) is 41.3 Å². The molecule has 2 N–H and O–H groups in total. The van der Waals surface area contributed by atoms with Gasteiger partial charge >= 0.3 is 6.03 Å². The molecule has 0 aliphatic carbocycles. The fourth-order valence-corrected chi connectivity index (χ4v) is 1.82. The Hall–Kier alpha value is -2.12. The van der Waals surface area contributed by atoms with Crippen molar-refractivity contribution in [3.63, 3.8) is 0 Å². The third kappa shape index (κ3) is 5.34. The first-order valence-electron chi connectivity index (χ1n) is 6.86. The van der Waals surface area contributed by atoms with Crippen LogP contribution in [-0.2, 0) is 13.1 Å². The molecule has 0 aliphatic rings. The second kappa shape index (κ2) is 7.77. The summed E-state index contributed by atoms with van der Waals surface area (Å²) in [4.78, 5) is 17.8. The number of halogens is 1. The number of hydrogen-bond donors (Lipinski definition) is 2. The second-order valence-electron chi connectivity index (χ2n) is 5.06. The number of nitrogens with zero attached hydrogens (tertiary/aromatic N) is 4. The van der Waals surface area contributed by atoms with Gasteiger partial charge < -0.3 is 10.2 Å². The van der Waals surface area contributed by atoms with Gasteiger partial charge in [-0.2, -0.15) is 5.10 Å². The number of rotatable bonds is 6. The maximum absolute atomic E-state index is 11.8. The van der Waals surface area contributed by atoms with Gasteiger partial charge in [-0.05, 0) is 25.7 Å². The summed E-state index contributed by atoms with van der Waals surface area (Å²) in [6.07, 6.45) is 3.46. The van der Waals surface area contributed by atoms with Gasteiger partial charge in [-0.15, -0.1) is 0 Å². The first-order valence-corrected chi connectivity index (χ1v) is 7.24. The van der Waals surface area contributed by atoms with Gasteiger partial charge in [-0.3, -0.25) is 10.00 Å². The van der Waals surface area contributed by atoms with E-state index in [0.29, 0.717) is 17.5 Å². The van der Waals surface area contributed by atoms with Gasteiger partial charge in [0.25, 0.3) is 0 Å². The Labute approximate surface area is 134 Å². The van der Waals surface area contributed by atoms with Gasteiger partial charge in [0.05, 0.1) is 6.54 Å². The molecule has 0 bridgehead atoms. The molecule has 2 aromatic rings. The number of nitrogens with one attached hydrogen (secondary N) is 2. The number of carbonyl (C=O) groups excluding carboxylic acids is 1. The topological polar surface area (TPSA) is 75.1 Å². The Morgan fingerprint density at radius 3 is 2.86 bits per heavy atom. The van der Waals surface area contributed by atoms with Crippen molar-refractivity contribution in [3.8, 4) is 0 Å². The molecular weight excluding hydrogens is 304 g/mol. The molecule has 0 fully saturated rings. The summed E-state index contributed by atoms with van der Waals surface area (Å²) in [6, 6.07) is 4.95. The summed E-state index contributed by atoms with van der Waals surface area (Å²) in [5.74, 6) is 0.519. The molecule has 2 aromatic heterocycles. The van der Waals surface area contributed by atoms with E-state index < -0.39 is 0 Å². The van der Waals surface area contributed by atoms with Crippen molar-refractivity contribution in [1.82, 2.24) is 25.0 Å². The minimum absolute atomic E-state index is 0.312. The van der Waals surface area contributed by atoms with E-state index in [2.05, 4.69) is 25.6 Å². The lowest BCUT2D eigenvalue weighted by Crippen LogP contribution is -2.28. The lowest BCUT2D eigenvalue weighted by Gasteiger charge is -2.09. The van der Waals surface area contributed by atoms with Crippen LogP contribution < -0.4 is 10.6 Å². The highest BCUT2D eigenvalue weighted by molar-refractivity contribution is 6.29. The molecule has 0 radical (unpaired) electrons. The van der Waals surface area contributed by atoms with Crippen LogP contribution in [0.5, 0.6) is 0 Å². The average molecular weight is 323 g/mol. The van der Waals surface area contributed by atoms with Crippen LogP contribution in [0.3, 0.4) is 0 Å². The van der Waals surface area contributed by atoms with Crippen LogP contribution in [-0.4, -0.2) is 46.3 Å². The fraction of sp³-hybridized carbons (Fsp3) is 0.357. The van der Waals surface area contributed by atoms with E-state index in [4.69, 9.17) is 11.6 Å². The molecular formula is C14H19ClN6O. The van der Waals surface area contributed by atoms with Crippen LogP contribution in [0.4, 0.5) is 10.6 Å². The van der Waals surface area contributed by atoms with Gasteiger partial charge in [0.15, 0.2) is 5.82 Å². The Kier molecular flexibility index (Phi) is 5.74. The average Bonchev–Trinajstić information content (AvgIpc) is 2.92. The molecule has 0 atom stereocenters. The predicted molar refractivity (Wildman–Crippen MR) is 85.9 cm³/mol. The lowest BCUT2D eigenvalue weighted by molar-refractivity contribution is 0.251. The van der Waals surface area contributed by atoms with Gasteiger partial charge in [-0.1, -0.05) is 17.7 Å². The summed E-state index contributed by atoms with van der Waals surface area (Å²) >= 11 is 5.70. The first-order chi connectivity index (χ1) is 10.5. The molecule has 2 heterocycles. The zero-order chi connectivity index (χ0) is 15.9. The first kappa shape index (κ1) is 16.3. The summed E-state index contributed by atoms with van der Waals surface area (Å²) < 4.78 is 1.79. The van der Waals surface area contributed by atoms with Gasteiger partial charge in [0, 0.05) is 31.5 Å². The molecule has 8 heteroatoms. The van der Waals surface area contributed by atoms with Crippen LogP contribution in [0, 0.1) is 0 Å². The van der Waals surface area contributed by atoms with Crippen molar-refractivity contribution in [2.45, 2.75) is 13.1 Å². The van der Waals surface area contributed by atoms with Gasteiger partial charge in [0.1, 0.15) is 5.15 Å². The van der Waals surface area contributed by atoms with Gasteiger partial charge in [0.2, 0.25) is 0 Å². The van der Waals surface area contributed by atoms with E-state index in [1.54, 1.807) is 23.0 Å². The number of aromatic nitrogens is 3. The summed E-state index contributed by atoms with van der Waals surface area (Å²) in [7, 11) is 4.00. The highest BCUT2D eigenvalue weighted by atomic mass is 35.5. The second-order valence-corrected chi connectivity index (χ2v) is 5.45. The zero-order valence-corrected chi connectivity index (χ0v) is 13.3. The third-order valence-corrected chi connectivity index (χ3v) is 3.12. The quantitative estimate of drug-likeness (QED) is 0.795. The molecule has 118 valence electrons. The number of hydrogen-bond acceptors (Lipinski definition) is 4. The molecule has 22 heavy (non-hydrogen) atoms. The Balaban J connectivity index is 1.78. The summed E-state index contributed by atoms with van der Waals surface area (Å²) in [6.45, 7) is 2.03. The Morgan fingerprint density at radius 1 is 1.36 bits per heavy atom. The van der Waals surface area contributed by atoms with Crippen molar-refractivity contribution < 1.29 is 4.79 Å². The van der Waals surface area contributed by atoms with E-state index in [1.165, 1.54) is 0 Å². The maximum Gasteiger partial charge on any atom is 0.320 e. The SMILES string of the molecule is CN(C)CCn1ccc(NC(=O)NCc2ccc(Cl)nc2)n1. The molecule has 0 saturated carbocycles. The Morgan fingerprint density at radius 2 is 2.18 bits per heavy atom. The third-order valence-electron chi connectivity index (χ3n) is 2.90. The van der Waals surface area contributed by atoms with E-state index in [-0.39, 0.29) is 6.03 Å². The smallest absolute Gasteiger partial charge is 0.320 e. The van der Waals surface area contributed by atoms with Crippen LogP contribution >= 0.6 is 11.6 Å². The van der Waals surface area contributed by atoms with E-state index >= 15 is 0 Å². The van der Waals surface area contributed by atoms with Crippen molar-refractivity contribution in [2.75, 3.05) is 26.0 Å². The molecule has 0 unspecified atom stereocenters. The Bertz CT molecular complexity index is 610. The molecule has 0 aromatic carbocycles. The monoisotopic (exact) mass is 322 g/mol. The zero-order valence-electron chi connectivity index (χ0n) is 12.6. The predicted octanol–water partition coefficient (Wildman–Crippen LogP) is 1.81. The minimum Gasteiger partial charge on any atom is -0.334 e. The summed E-state index contributed by atoms with van der Waals surface area (Å²) in [5, 5.41) is 10.1. The fourth-order valence-electron chi connectivity index (χ4n) is 1.71. The molecule has 2 rings (SSSR count). The van der Waals surface area contributed by atoms with Crippen LogP contribution in [0.15, 0.2) is 30.6 Å². The molecule has 2 amide bonds. The van der Waals surface area contributed by atoms with Gasteiger partial charge in [-0.25, -0.2) is 9.78 Å². The largest absolute Gasteiger partial charge is 0.334 e. The highest BCUT2D eigenvalue weighted by Crippen LogP contribution is 2.05. The lowest BCUT2D eigenvalue weighted by atomic mass is 10.3. The summed E-state index contributed by atoms with van der Waals surface area (Å²) in [5.41, 5.74) is 0.871. The normalized spacial score (nSPS) is 10.7. The number of amides is 2. The molecule has 0 saturated heterocycles. The number of urea groups is 1. The highest BCUT2D eigenvalue weighted by Gasteiger charge is 2.05. The maximum atomic E-state index is 11.8. The van der Waals surface area contributed by atoms with E-state index in [0.717, 1.165) is 18.7 Å². The number of pyridine rings is 1. The number of anilines is 1. The van der Waals surface area contributed by atoms with Crippen molar-refractivity contribution >= 4 is 23.4 Å². The van der Waals surface area contributed by atoms with E-state index in [1.807, 2.05) is 26.4 Å². The van der Waals surface area contributed by atoms with Crippen LogP contribution in [0.25, 0.3) is 0 Å². The standard InChI is InChI=1S/C14H19ClN6O/c1-20(2)7-8-21-6-5-13(19-21)18-14(22)17-10-11-3-4-12(15)16-9-11/h3-6,9H,7-8,10H2,1-2H3,(H2,17,18,19,22).